The van der Waals surface area contributed by atoms with Gasteiger partial charge in [-0.25, -0.2) is 0 Å². The van der Waals surface area contributed by atoms with E-state index in [0.717, 1.165) is 26.5 Å². The van der Waals surface area contributed by atoms with Crippen molar-refractivity contribution in [1.82, 2.24) is 15.2 Å². The molecule has 18 heavy (non-hydrogen) atoms. The molecule has 3 rings (SSSR count). The lowest BCUT2D eigenvalue weighted by molar-refractivity contribution is 0.963. The van der Waals surface area contributed by atoms with Crippen LogP contribution in [0.3, 0.4) is 0 Å². The van der Waals surface area contributed by atoms with E-state index in [0.29, 0.717) is 0 Å². The van der Waals surface area contributed by atoms with E-state index in [4.69, 9.17) is 11.6 Å². The second-order valence-electron chi connectivity index (χ2n) is 3.94. The standard InChI is InChI=1S/C13H10ClN3S/c1-8(14)12-16-17-13(18-12)10-6-2-4-9-5-3-7-15-11(9)10/h2-8H,1H3. The van der Waals surface area contributed by atoms with Gasteiger partial charge in [0.1, 0.15) is 10.0 Å². The number of rotatable bonds is 2. The Morgan fingerprint density at radius 1 is 1.17 bits per heavy atom. The number of para-hydroxylation sites is 1. The third kappa shape index (κ3) is 1.98. The number of benzene rings is 1. The number of hydrogen-bond donors (Lipinski definition) is 0. The highest BCUT2D eigenvalue weighted by molar-refractivity contribution is 7.15. The molecular weight excluding hydrogens is 266 g/mol. The molecule has 1 atom stereocenters. The first-order valence-corrected chi connectivity index (χ1v) is 6.82. The summed E-state index contributed by atoms with van der Waals surface area (Å²) in [7, 11) is 0. The molecule has 1 aromatic carbocycles. The minimum Gasteiger partial charge on any atom is -0.256 e. The van der Waals surface area contributed by atoms with Gasteiger partial charge in [-0.15, -0.1) is 21.8 Å². The van der Waals surface area contributed by atoms with E-state index in [1.54, 1.807) is 6.20 Å². The maximum absolute atomic E-state index is 6.01. The predicted molar refractivity (Wildman–Crippen MR) is 74.9 cm³/mol. The van der Waals surface area contributed by atoms with Crippen LogP contribution in [-0.4, -0.2) is 15.2 Å². The van der Waals surface area contributed by atoms with E-state index in [-0.39, 0.29) is 5.38 Å². The van der Waals surface area contributed by atoms with Gasteiger partial charge in [0, 0.05) is 17.1 Å². The van der Waals surface area contributed by atoms with E-state index >= 15 is 0 Å². The fraction of sp³-hybridized carbons (Fsp3) is 0.154. The lowest BCUT2D eigenvalue weighted by Gasteiger charge is -2.01. The Labute approximate surface area is 113 Å². The van der Waals surface area contributed by atoms with Crippen LogP contribution in [0.25, 0.3) is 21.5 Å². The molecule has 0 bridgehead atoms. The Morgan fingerprint density at radius 3 is 2.78 bits per heavy atom. The smallest absolute Gasteiger partial charge is 0.150 e. The molecule has 90 valence electrons. The molecule has 1 unspecified atom stereocenters. The number of nitrogens with zero attached hydrogens (tertiary/aromatic N) is 3. The third-order valence-electron chi connectivity index (χ3n) is 2.64. The summed E-state index contributed by atoms with van der Waals surface area (Å²) in [5, 5.41) is 11.0. The van der Waals surface area contributed by atoms with Gasteiger partial charge in [0.15, 0.2) is 0 Å². The largest absolute Gasteiger partial charge is 0.256 e. The van der Waals surface area contributed by atoms with Crippen LogP contribution in [0, 0.1) is 0 Å². The van der Waals surface area contributed by atoms with Crippen molar-refractivity contribution in [2.75, 3.05) is 0 Å². The van der Waals surface area contributed by atoms with Gasteiger partial charge in [-0.3, -0.25) is 4.98 Å². The van der Waals surface area contributed by atoms with Crippen molar-refractivity contribution in [3.8, 4) is 10.6 Å². The molecular formula is C13H10ClN3S. The summed E-state index contributed by atoms with van der Waals surface area (Å²) < 4.78 is 0. The zero-order valence-corrected chi connectivity index (χ0v) is 11.2. The monoisotopic (exact) mass is 275 g/mol. The average molecular weight is 276 g/mol. The number of fused-ring (bicyclic) bond motifs is 1. The molecule has 0 aliphatic rings. The summed E-state index contributed by atoms with van der Waals surface area (Å²) in [5.74, 6) is 0. The van der Waals surface area contributed by atoms with Gasteiger partial charge in [0.05, 0.1) is 10.9 Å². The van der Waals surface area contributed by atoms with Gasteiger partial charge in [0.25, 0.3) is 0 Å². The highest BCUT2D eigenvalue weighted by Crippen LogP contribution is 2.32. The SMILES string of the molecule is CC(Cl)c1nnc(-c2cccc3cccnc23)s1. The van der Waals surface area contributed by atoms with Gasteiger partial charge < -0.3 is 0 Å². The number of aromatic nitrogens is 3. The molecule has 3 aromatic rings. The summed E-state index contributed by atoms with van der Waals surface area (Å²) in [6.45, 7) is 1.90. The first-order chi connectivity index (χ1) is 8.75. The highest BCUT2D eigenvalue weighted by atomic mass is 35.5. The van der Waals surface area contributed by atoms with Crippen molar-refractivity contribution in [1.29, 1.82) is 0 Å². The Morgan fingerprint density at radius 2 is 2.00 bits per heavy atom. The highest BCUT2D eigenvalue weighted by Gasteiger charge is 2.13. The van der Waals surface area contributed by atoms with Crippen LogP contribution in [0.1, 0.15) is 17.3 Å². The number of pyridine rings is 1. The molecule has 0 spiro atoms. The molecule has 0 N–H and O–H groups in total. The summed E-state index contributed by atoms with van der Waals surface area (Å²) in [4.78, 5) is 4.42. The molecule has 0 aliphatic carbocycles. The van der Waals surface area contributed by atoms with Crippen LogP contribution in [0.4, 0.5) is 0 Å². The second-order valence-corrected chi connectivity index (χ2v) is 5.61. The van der Waals surface area contributed by atoms with Crippen LogP contribution in [0.5, 0.6) is 0 Å². The van der Waals surface area contributed by atoms with E-state index in [2.05, 4.69) is 15.2 Å². The van der Waals surface area contributed by atoms with Crippen molar-refractivity contribution in [2.24, 2.45) is 0 Å². The van der Waals surface area contributed by atoms with Crippen molar-refractivity contribution in [2.45, 2.75) is 12.3 Å². The molecule has 2 aromatic heterocycles. The normalized spacial score (nSPS) is 12.8. The summed E-state index contributed by atoms with van der Waals surface area (Å²) in [6, 6.07) is 10.0. The predicted octanol–water partition coefficient (Wildman–Crippen LogP) is 4.05. The van der Waals surface area contributed by atoms with Crippen LogP contribution < -0.4 is 0 Å². The van der Waals surface area contributed by atoms with Crippen molar-refractivity contribution < 1.29 is 0 Å². The Balaban J connectivity index is 2.18. The fourth-order valence-corrected chi connectivity index (χ4v) is 2.76. The lowest BCUT2D eigenvalue weighted by atomic mass is 10.1. The zero-order valence-electron chi connectivity index (χ0n) is 9.67. The van der Waals surface area contributed by atoms with Gasteiger partial charge in [-0.05, 0) is 19.1 Å². The molecule has 2 heterocycles. The van der Waals surface area contributed by atoms with Gasteiger partial charge >= 0.3 is 0 Å². The quantitative estimate of drug-likeness (QED) is 0.662. The van der Waals surface area contributed by atoms with Crippen LogP contribution in [-0.2, 0) is 0 Å². The maximum atomic E-state index is 6.01. The van der Waals surface area contributed by atoms with Crippen LogP contribution >= 0.6 is 22.9 Å². The zero-order chi connectivity index (χ0) is 12.5. The molecule has 0 amide bonds. The Hall–Kier alpha value is -1.52. The minimum atomic E-state index is -0.112. The number of halogens is 1. The molecule has 0 saturated carbocycles. The lowest BCUT2D eigenvalue weighted by Crippen LogP contribution is -1.83. The first kappa shape index (κ1) is 11.6. The summed E-state index contributed by atoms with van der Waals surface area (Å²) in [6.07, 6.45) is 1.79. The molecule has 0 fully saturated rings. The van der Waals surface area contributed by atoms with Crippen LogP contribution in [0.2, 0.25) is 0 Å². The van der Waals surface area contributed by atoms with Gasteiger partial charge in [-0.2, -0.15) is 0 Å². The minimum absolute atomic E-state index is 0.112. The molecule has 0 radical (unpaired) electrons. The molecule has 0 aliphatic heterocycles. The first-order valence-electron chi connectivity index (χ1n) is 5.57. The average Bonchev–Trinajstić information content (AvgIpc) is 2.87. The molecule has 3 nitrogen and oxygen atoms in total. The van der Waals surface area contributed by atoms with E-state index in [1.807, 2.05) is 37.3 Å². The van der Waals surface area contributed by atoms with Crippen LogP contribution in [0.15, 0.2) is 36.5 Å². The van der Waals surface area contributed by atoms with Crippen molar-refractivity contribution in [3.63, 3.8) is 0 Å². The Bertz CT molecular complexity index is 688. The van der Waals surface area contributed by atoms with E-state index in [1.165, 1.54) is 11.3 Å². The fourth-order valence-electron chi connectivity index (χ4n) is 1.78. The van der Waals surface area contributed by atoms with Crippen molar-refractivity contribution >= 4 is 33.8 Å². The summed E-state index contributed by atoms with van der Waals surface area (Å²) in [5.41, 5.74) is 1.96. The summed E-state index contributed by atoms with van der Waals surface area (Å²) >= 11 is 7.53. The van der Waals surface area contributed by atoms with Crippen molar-refractivity contribution in [3.05, 3.63) is 41.5 Å². The molecule has 5 heteroatoms. The second kappa shape index (κ2) is 4.63. The Kier molecular flexibility index (Phi) is 2.97. The third-order valence-corrected chi connectivity index (χ3v) is 4.12. The number of hydrogen-bond acceptors (Lipinski definition) is 4. The topological polar surface area (TPSA) is 38.7 Å². The molecule has 0 saturated heterocycles. The van der Waals surface area contributed by atoms with Gasteiger partial charge in [0.2, 0.25) is 0 Å². The van der Waals surface area contributed by atoms with E-state index < -0.39 is 0 Å². The maximum Gasteiger partial charge on any atom is 0.150 e. The number of alkyl halides is 1. The van der Waals surface area contributed by atoms with Gasteiger partial charge in [-0.1, -0.05) is 29.5 Å². The van der Waals surface area contributed by atoms with E-state index in [9.17, 15) is 0 Å².